The largest absolute Gasteiger partial charge is 0.327 e. The summed E-state index contributed by atoms with van der Waals surface area (Å²) in [6, 6.07) is 9.37. The second-order valence-corrected chi connectivity index (χ2v) is 8.03. The van der Waals surface area contributed by atoms with Gasteiger partial charge in [-0.3, -0.25) is 0 Å². The lowest BCUT2D eigenvalue weighted by molar-refractivity contribution is 0.607. The van der Waals surface area contributed by atoms with Crippen LogP contribution in [0.4, 0.5) is 0 Å². The van der Waals surface area contributed by atoms with Crippen molar-refractivity contribution in [1.82, 2.24) is 0 Å². The number of nitrogens with zero attached hydrogens (tertiary/aromatic N) is 2. The Labute approximate surface area is 157 Å². The van der Waals surface area contributed by atoms with E-state index in [0.717, 1.165) is 30.1 Å². The minimum atomic E-state index is 0.219. The summed E-state index contributed by atoms with van der Waals surface area (Å²) in [5.41, 5.74) is 9.10. The number of benzene rings is 1. The first-order chi connectivity index (χ1) is 12.3. The van der Waals surface area contributed by atoms with E-state index in [1.807, 2.05) is 6.21 Å². The Morgan fingerprint density at radius 1 is 1.00 bits per heavy atom. The topological polar surface area (TPSA) is 50.7 Å². The van der Waals surface area contributed by atoms with Gasteiger partial charge in [-0.25, -0.2) is 0 Å². The van der Waals surface area contributed by atoms with Crippen molar-refractivity contribution in [1.29, 1.82) is 0 Å². The molecule has 2 N–H and O–H groups in total. The molecule has 0 fully saturated rings. The fraction of sp³-hybridized carbons (Fsp3) is 0.619. The summed E-state index contributed by atoms with van der Waals surface area (Å²) in [4.78, 5) is 0. The van der Waals surface area contributed by atoms with Gasteiger partial charge >= 0.3 is 0 Å². The van der Waals surface area contributed by atoms with Crippen LogP contribution in [0.2, 0.25) is 0 Å². The lowest BCUT2D eigenvalue weighted by atomic mass is 10.0. The molecule has 0 saturated carbocycles. The number of hydrogen-bond acceptors (Lipinski definition) is 4. The summed E-state index contributed by atoms with van der Waals surface area (Å²) in [5.74, 6) is 0.929. The minimum Gasteiger partial charge on any atom is -0.327 e. The standard InChI is InChI=1S/C21H33N3S/c1-2-3-4-5-6-7-8-18-9-11-19(12-10-18)13-14-20(22)17-25-21-15-16-23-24-21/h9-12,16,20H,2-8,13-15,17,22H2,1H3. The molecule has 25 heavy (non-hydrogen) atoms. The molecule has 1 heterocycles. The van der Waals surface area contributed by atoms with Gasteiger partial charge < -0.3 is 5.73 Å². The second kappa shape index (κ2) is 12.3. The maximum absolute atomic E-state index is 6.23. The van der Waals surface area contributed by atoms with Crippen LogP contribution in [-0.2, 0) is 12.8 Å². The molecule has 4 heteroatoms. The van der Waals surface area contributed by atoms with Gasteiger partial charge in [0, 0.05) is 24.4 Å². The number of nitrogens with two attached hydrogens (primary N) is 1. The first-order valence-electron chi connectivity index (χ1n) is 9.82. The first kappa shape index (κ1) is 20.2. The van der Waals surface area contributed by atoms with Crippen LogP contribution < -0.4 is 5.73 Å². The van der Waals surface area contributed by atoms with E-state index in [-0.39, 0.29) is 6.04 Å². The zero-order chi connectivity index (χ0) is 17.7. The molecule has 138 valence electrons. The average molecular weight is 360 g/mol. The molecule has 0 saturated heterocycles. The Balaban J connectivity index is 1.57. The molecular formula is C21H33N3S. The molecule has 0 aromatic heterocycles. The third-order valence-electron chi connectivity index (χ3n) is 4.63. The summed E-state index contributed by atoms with van der Waals surface area (Å²) in [6.45, 7) is 2.27. The van der Waals surface area contributed by atoms with Crippen molar-refractivity contribution < 1.29 is 0 Å². The molecule has 3 nitrogen and oxygen atoms in total. The van der Waals surface area contributed by atoms with Gasteiger partial charge in [0.1, 0.15) is 5.04 Å². The Hall–Kier alpha value is -1.13. The third-order valence-corrected chi connectivity index (χ3v) is 5.80. The highest BCUT2D eigenvalue weighted by Crippen LogP contribution is 2.15. The number of thioether (sulfide) groups is 1. The van der Waals surface area contributed by atoms with Crippen LogP contribution in [0, 0.1) is 0 Å². The van der Waals surface area contributed by atoms with Crippen LogP contribution >= 0.6 is 11.8 Å². The second-order valence-electron chi connectivity index (χ2n) is 6.94. The van der Waals surface area contributed by atoms with Gasteiger partial charge in [-0.2, -0.15) is 5.10 Å². The van der Waals surface area contributed by atoms with Gasteiger partial charge in [0.2, 0.25) is 0 Å². The molecule has 0 amide bonds. The molecular weight excluding hydrogens is 326 g/mol. The van der Waals surface area contributed by atoms with E-state index < -0.39 is 0 Å². The van der Waals surface area contributed by atoms with E-state index in [9.17, 15) is 0 Å². The minimum absolute atomic E-state index is 0.219. The number of hydrogen-bond donors (Lipinski definition) is 1. The maximum Gasteiger partial charge on any atom is 0.101 e. The highest BCUT2D eigenvalue weighted by Gasteiger charge is 2.08. The fourth-order valence-electron chi connectivity index (χ4n) is 2.97. The number of rotatable bonds is 12. The monoisotopic (exact) mass is 359 g/mol. The summed E-state index contributed by atoms with van der Waals surface area (Å²) < 4.78 is 0. The lowest BCUT2D eigenvalue weighted by Gasteiger charge is -2.11. The molecule has 1 unspecified atom stereocenters. The Kier molecular flexibility index (Phi) is 9.90. The van der Waals surface area contributed by atoms with Crippen molar-refractivity contribution in [2.24, 2.45) is 15.9 Å². The van der Waals surface area contributed by atoms with E-state index in [4.69, 9.17) is 5.73 Å². The van der Waals surface area contributed by atoms with Crippen molar-refractivity contribution in [2.75, 3.05) is 5.75 Å². The van der Waals surface area contributed by atoms with Crippen molar-refractivity contribution in [3.05, 3.63) is 35.4 Å². The summed E-state index contributed by atoms with van der Waals surface area (Å²) in [7, 11) is 0. The smallest absolute Gasteiger partial charge is 0.101 e. The van der Waals surface area contributed by atoms with E-state index in [1.165, 1.54) is 56.1 Å². The Morgan fingerprint density at radius 2 is 1.68 bits per heavy atom. The van der Waals surface area contributed by atoms with Gasteiger partial charge in [-0.05, 0) is 36.8 Å². The van der Waals surface area contributed by atoms with Gasteiger partial charge in [-0.15, -0.1) is 16.9 Å². The molecule has 0 spiro atoms. The predicted molar refractivity (Wildman–Crippen MR) is 113 cm³/mol. The lowest BCUT2D eigenvalue weighted by Crippen LogP contribution is -2.24. The Morgan fingerprint density at radius 3 is 2.36 bits per heavy atom. The zero-order valence-electron chi connectivity index (χ0n) is 15.6. The average Bonchev–Trinajstić information content (AvgIpc) is 3.16. The van der Waals surface area contributed by atoms with Gasteiger partial charge in [0.25, 0.3) is 0 Å². The molecule has 1 aromatic carbocycles. The van der Waals surface area contributed by atoms with E-state index in [0.29, 0.717) is 0 Å². The molecule has 1 atom stereocenters. The van der Waals surface area contributed by atoms with Gasteiger partial charge in [0.05, 0.1) is 0 Å². The SMILES string of the molecule is CCCCCCCCc1ccc(CCC(N)CSC2=NN=CC2)cc1. The molecule has 0 bridgehead atoms. The predicted octanol–water partition coefficient (Wildman–Crippen LogP) is 5.37. The molecule has 2 rings (SSSR count). The Bertz CT molecular complexity index is 537. The number of unbranched alkanes of at least 4 members (excludes halogenated alkanes) is 5. The molecule has 1 aliphatic rings. The van der Waals surface area contributed by atoms with Gasteiger partial charge in [0.15, 0.2) is 0 Å². The van der Waals surface area contributed by atoms with Crippen LogP contribution in [0.1, 0.15) is 69.4 Å². The summed E-state index contributed by atoms with van der Waals surface area (Å²) in [6.07, 6.45) is 14.2. The third kappa shape index (κ3) is 8.68. The fourth-order valence-corrected chi connectivity index (χ4v) is 3.84. The van der Waals surface area contributed by atoms with E-state index in [1.54, 1.807) is 11.8 Å². The van der Waals surface area contributed by atoms with Crippen LogP contribution in [-0.4, -0.2) is 23.1 Å². The molecule has 1 aliphatic heterocycles. The van der Waals surface area contributed by atoms with Crippen LogP contribution in [0.15, 0.2) is 34.5 Å². The normalized spacial score (nSPS) is 14.7. The van der Waals surface area contributed by atoms with Crippen LogP contribution in [0.25, 0.3) is 0 Å². The van der Waals surface area contributed by atoms with Crippen LogP contribution in [0.5, 0.6) is 0 Å². The van der Waals surface area contributed by atoms with Crippen LogP contribution in [0.3, 0.4) is 0 Å². The van der Waals surface area contributed by atoms with Crippen molar-refractivity contribution >= 4 is 23.0 Å². The summed E-state index contributed by atoms with van der Waals surface area (Å²) in [5, 5.41) is 9.05. The van der Waals surface area contributed by atoms with Crippen molar-refractivity contribution in [2.45, 2.75) is 77.2 Å². The first-order valence-corrected chi connectivity index (χ1v) is 10.8. The number of aryl methyl sites for hydroxylation is 2. The molecule has 0 radical (unpaired) electrons. The van der Waals surface area contributed by atoms with E-state index in [2.05, 4.69) is 41.4 Å². The molecule has 0 aliphatic carbocycles. The maximum atomic E-state index is 6.23. The quantitative estimate of drug-likeness (QED) is 0.510. The van der Waals surface area contributed by atoms with Crippen molar-refractivity contribution in [3.63, 3.8) is 0 Å². The zero-order valence-corrected chi connectivity index (χ0v) is 16.4. The van der Waals surface area contributed by atoms with Gasteiger partial charge in [-0.1, -0.05) is 63.3 Å². The highest BCUT2D eigenvalue weighted by molar-refractivity contribution is 8.14. The van der Waals surface area contributed by atoms with E-state index >= 15 is 0 Å². The highest BCUT2D eigenvalue weighted by atomic mass is 32.2. The summed E-state index contributed by atoms with van der Waals surface area (Å²) >= 11 is 1.75. The molecule has 1 aromatic rings. The van der Waals surface area contributed by atoms with Crippen molar-refractivity contribution in [3.8, 4) is 0 Å².